The molecule has 122 valence electrons. The molecule has 0 aromatic heterocycles. The smallest absolute Gasteiger partial charge is 0.337 e. The molecule has 23 heavy (non-hydrogen) atoms. The van der Waals surface area contributed by atoms with Gasteiger partial charge in [0.25, 0.3) is 0 Å². The number of hydrogen-bond acceptors (Lipinski definition) is 1. The second kappa shape index (κ2) is 7.17. The molecule has 0 saturated heterocycles. The average molecular weight is 322 g/mol. The molecule has 0 aliphatic heterocycles. The molecular weight excluding hydrogens is 305 g/mol. The molecule has 2 aromatic carbocycles. The van der Waals surface area contributed by atoms with Gasteiger partial charge in [0.2, 0.25) is 0 Å². The highest BCUT2D eigenvalue weighted by molar-refractivity contribution is 5.90. The Balaban J connectivity index is 1.96. The Morgan fingerprint density at radius 3 is 2.30 bits per heavy atom. The van der Waals surface area contributed by atoms with E-state index in [0.717, 1.165) is 11.6 Å². The zero-order valence-electron chi connectivity index (χ0n) is 12.5. The summed E-state index contributed by atoms with van der Waals surface area (Å²) >= 11 is 0. The lowest BCUT2D eigenvalue weighted by molar-refractivity contribution is -0.136. The van der Waals surface area contributed by atoms with Crippen molar-refractivity contribution in [2.45, 2.75) is 19.0 Å². The zero-order chi connectivity index (χ0) is 16.9. The molecule has 0 radical (unpaired) electrons. The van der Waals surface area contributed by atoms with Gasteiger partial charge in [0, 0.05) is 6.54 Å². The Labute approximate surface area is 132 Å². The van der Waals surface area contributed by atoms with Crippen LogP contribution in [0.5, 0.6) is 0 Å². The standard InChI is InChI=1S/C17H17F3N2O/c1-12(13-7-3-2-4-8-13)11-21-16(23)22-15-10-6-5-9-14(15)17(18,19)20/h2-10,12H,11H2,1H3,(H2,21,22,23)/t12-/m0/s1. The minimum atomic E-state index is -4.51. The molecule has 2 aromatic rings. The third-order valence-electron chi connectivity index (χ3n) is 3.42. The summed E-state index contributed by atoms with van der Waals surface area (Å²) in [5.41, 5.74) is -0.0837. The molecule has 0 fully saturated rings. The van der Waals surface area contributed by atoms with Gasteiger partial charge in [-0.05, 0) is 23.6 Å². The molecule has 0 saturated carbocycles. The average Bonchev–Trinajstić information content (AvgIpc) is 2.53. The maximum atomic E-state index is 12.9. The molecule has 0 aliphatic rings. The summed E-state index contributed by atoms with van der Waals surface area (Å²) in [4.78, 5) is 11.8. The topological polar surface area (TPSA) is 41.1 Å². The van der Waals surface area contributed by atoms with Gasteiger partial charge in [-0.25, -0.2) is 4.79 Å². The van der Waals surface area contributed by atoms with Crippen LogP contribution in [0.1, 0.15) is 24.0 Å². The summed E-state index contributed by atoms with van der Waals surface area (Å²) in [6.07, 6.45) is -4.51. The van der Waals surface area contributed by atoms with Crippen molar-refractivity contribution in [3.63, 3.8) is 0 Å². The lowest BCUT2D eigenvalue weighted by Crippen LogP contribution is -2.32. The van der Waals surface area contributed by atoms with Crippen LogP contribution >= 0.6 is 0 Å². The van der Waals surface area contributed by atoms with E-state index in [2.05, 4.69) is 10.6 Å². The zero-order valence-corrected chi connectivity index (χ0v) is 12.5. The van der Waals surface area contributed by atoms with Crippen molar-refractivity contribution in [2.75, 3.05) is 11.9 Å². The number of rotatable bonds is 4. The Morgan fingerprint density at radius 1 is 1.04 bits per heavy atom. The van der Waals surface area contributed by atoms with Gasteiger partial charge in [-0.15, -0.1) is 0 Å². The van der Waals surface area contributed by atoms with Crippen LogP contribution in [0.15, 0.2) is 54.6 Å². The molecular formula is C17H17F3N2O. The second-order valence-electron chi connectivity index (χ2n) is 5.19. The highest BCUT2D eigenvalue weighted by Crippen LogP contribution is 2.34. The van der Waals surface area contributed by atoms with Crippen molar-refractivity contribution in [1.29, 1.82) is 0 Å². The second-order valence-corrected chi connectivity index (χ2v) is 5.19. The number of amides is 2. The van der Waals surface area contributed by atoms with Crippen LogP contribution in [0.3, 0.4) is 0 Å². The fourth-order valence-corrected chi connectivity index (χ4v) is 2.15. The van der Waals surface area contributed by atoms with Crippen molar-refractivity contribution < 1.29 is 18.0 Å². The van der Waals surface area contributed by atoms with Crippen LogP contribution in [-0.4, -0.2) is 12.6 Å². The van der Waals surface area contributed by atoms with Crippen molar-refractivity contribution in [2.24, 2.45) is 0 Å². The van der Waals surface area contributed by atoms with Crippen LogP contribution in [0.2, 0.25) is 0 Å². The first-order chi connectivity index (χ1) is 10.9. The van der Waals surface area contributed by atoms with Crippen LogP contribution in [0.25, 0.3) is 0 Å². The van der Waals surface area contributed by atoms with Crippen LogP contribution in [0.4, 0.5) is 23.7 Å². The van der Waals surface area contributed by atoms with E-state index in [1.807, 2.05) is 37.3 Å². The molecule has 0 bridgehead atoms. The van der Waals surface area contributed by atoms with Crippen molar-refractivity contribution in [3.8, 4) is 0 Å². The van der Waals surface area contributed by atoms with E-state index in [0.29, 0.717) is 6.54 Å². The number of nitrogens with one attached hydrogen (secondary N) is 2. The maximum absolute atomic E-state index is 12.9. The van der Waals surface area contributed by atoms with Crippen molar-refractivity contribution >= 4 is 11.7 Å². The van der Waals surface area contributed by atoms with E-state index in [9.17, 15) is 18.0 Å². The van der Waals surface area contributed by atoms with Gasteiger partial charge in [0.1, 0.15) is 0 Å². The fourth-order valence-electron chi connectivity index (χ4n) is 2.15. The normalized spacial score (nSPS) is 12.5. The number of alkyl halides is 3. The van der Waals surface area contributed by atoms with Crippen molar-refractivity contribution in [3.05, 3.63) is 65.7 Å². The number of urea groups is 1. The number of benzene rings is 2. The number of para-hydroxylation sites is 1. The number of halogens is 3. The molecule has 6 heteroatoms. The van der Waals surface area contributed by atoms with E-state index < -0.39 is 17.8 Å². The molecule has 3 nitrogen and oxygen atoms in total. The summed E-state index contributed by atoms with van der Waals surface area (Å²) in [6, 6.07) is 13.8. The number of hydrogen-bond donors (Lipinski definition) is 2. The summed E-state index contributed by atoms with van der Waals surface area (Å²) < 4.78 is 38.6. The summed E-state index contributed by atoms with van der Waals surface area (Å²) in [6.45, 7) is 2.25. The van der Waals surface area contributed by atoms with Gasteiger partial charge in [-0.2, -0.15) is 13.2 Å². The molecule has 0 heterocycles. The Hall–Kier alpha value is -2.50. The third-order valence-corrected chi connectivity index (χ3v) is 3.42. The first-order valence-electron chi connectivity index (χ1n) is 7.14. The van der Waals surface area contributed by atoms with E-state index in [1.54, 1.807) is 0 Å². The lowest BCUT2D eigenvalue weighted by atomic mass is 10.0. The van der Waals surface area contributed by atoms with Gasteiger partial charge in [0.15, 0.2) is 0 Å². The van der Waals surface area contributed by atoms with Crippen LogP contribution < -0.4 is 10.6 Å². The minimum absolute atomic E-state index is 0.0554. The largest absolute Gasteiger partial charge is 0.418 e. The van der Waals surface area contributed by atoms with Crippen LogP contribution in [0, 0.1) is 0 Å². The minimum Gasteiger partial charge on any atom is -0.337 e. The van der Waals surface area contributed by atoms with E-state index in [-0.39, 0.29) is 11.6 Å². The van der Waals surface area contributed by atoms with Gasteiger partial charge < -0.3 is 10.6 Å². The quantitative estimate of drug-likeness (QED) is 0.846. The Morgan fingerprint density at radius 2 is 1.65 bits per heavy atom. The monoisotopic (exact) mass is 322 g/mol. The first-order valence-corrected chi connectivity index (χ1v) is 7.14. The highest BCUT2D eigenvalue weighted by atomic mass is 19.4. The predicted octanol–water partition coefficient (Wildman–Crippen LogP) is 4.63. The molecule has 2 N–H and O–H groups in total. The van der Waals surface area contributed by atoms with Crippen LogP contribution in [-0.2, 0) is 6.18 Å². The summed E-state index contributed by atoms with van der Waals surface area (Å²) in [5.74, 6) is 0.0554. The van der Waals surface area contributed by atoms with E-state index in [1.165, 1.54) is 18.2 Å². The highest BCUT2D eigenvalue weighted by Gasteiger charge is 2.33. The van der Waals surface area contributed by atoms with Gasteiger partial charge in [-0.3, -0.25) is 0 Å². The molecule has 0 aliphatic carbocycles. The van der Waals surface area contributed by atoms with Gasteiger partial charge >= 0.3 is 12.2 Å². The molecule has 2 rings (SSSR count). The summed E-state index contributed by atoms with van der Waals surface area (Å²) in [5, 5.41) is 4.84. The number of carbonyl (C=O) groups is 1. The number of anilines is 1. The maximum Gasteiger partial charge on any atom is 0.418 e. The van der Waals surface area contributed by atoms with Gasteiger partial charge in [-0.1, -0.05) is 49.4 Å². The predicted molar refractivity (Wildman–Crippen MR) is 83.3 cm³/mol. The van der Waals surface area contributed by atoms with Crippen molar-refractivity contribution in [1.82, 2.24) is 5.32 Å². The number of carbonyl (C=O) groups excluding carboxylic acids is 1. The third kappa shape index (κ3) is 4.74. The van der Waals surface area contributed by atoms with E-state index >= 15 is 0 Å². The fraction of sp³-hybridized carbons (Fsp3) is 0.235. The molecule has 0 spiro atoms. The van der Waals surface area contributed by atoms with Gasteiger partial charge in [0.05, 0.1) is 11.3 Å². The Bertz CT molecular complexity index is 656. The first kappa shape index (κ1) is 16.9. The lowest BCUT2D eigenvalue weighted by Gasteiger charge is -2.16. The Kier molecular flexibility index (Phi) is 5.26. The SMILES string of the molecule is C[C@@H](CNC(=O)Nc1ccccc1C(F)(F)F)c1ccccc1. The molecule has 1 atom stereocenters. The molecule has 2 amide bonds. The molecule has 0 unspecified atom stereocenters. The van der Waals surface area contributed by atoms with E-state index in [4.69, 9.17) is 0 Å². The summed E-state index contributed by atoms with van der Waals surface area (Å²) in [7, 11) is 0.